The fraction of sp³-hybridized carbons (Fsp3) is 0.738. The van der Waals surface area contributed by atoms with E-state index in [9.17, 15) is 24.3 Å². The molecule has 2 aromatic heterocycles. The van der Waals surface area contributed by atoms with Crippen LogP contribution in [0.1, 0.15) is 87.0 Å². The number of aromatic nitrogens is 4. The van der Waals surface area contributed by atoms with Crippen molar-refractivity contribution in [1.82, 2.24) is 35.1 Å². The van der Waals surface area contributed by atoms with E-state index < -0.39 is 71.8 Å². The first-order chi connectivity index (χ1) is 27.6. The summed E-state index contributed by atoms with van der Waals surface area (Å²) in [5, 5.41) is 23.5. The van der Waals surface area contributed by atoms with E-state index in [1.54, 1.807) is 22.7 Å². The van der Waals surface area contributed by atoms with Crippen LogP contribution in [-0.4, -0.2) is 141 Å². The fourth-order valence-corrected chi connectivity index (χ4v) is 9.13. The second-order valence-electron chi connectivity index (χ2n) is 17.1. The maximum Gasteiger partial charge on any atom is 0.410 e. The van der Waals surface area contributed by atoms with Crippen LogP contribution in [0.5, 0.6) is 0 Å². The molecule has 3 fully saturated rings. The fourth-order valence-electron chi connectivity index (χ4n) is 9.13. The Balaban J connectivity index is 1.37. The number of cyclic esters (lactones) is 1. The van der Waals surface area contributed by atoms with Crippen LogP contribution >= 0.6 is 0 Å². The molecule has 2 unspecified atom stereocenters. The number of ketones is 1. The molecule has 58 heavy (non-hydrogen) atoms. The van der Waals surface area contributed by atoms with Gasteiger partial charge in [0.15, 0.2) is 17.7 Å². The first-order valence-electron chi connectivity index (χ1n) is 21.0. The summed E-state index contributed by atoms with van der Waals surface area (Å²) in [6.45, 7) is 14.4. The van der Waals surface area contributed by atoms with E-state index in [0.717, 1.165) is 12.0 Å². The highest BCUT2D eigenvalue weighted by Gasteiger charge is 2.58. The lowest BCUT2D eigenvalue weighted by atomic mass is 9.79. The Morgan fingerprint density at radius 1 is 1.07 bits per heavy atom. The SMILES string of the molecule is CC[C@H]1OC(=O)[C@H](C)C(=O)[C@H](C)[C@@H](O[C@@H]2O[C@H](C)CC(N(C)C)C2O)[C@@H](CC=O)C[C@@H](C)CN[C@H](C)[C@H]2N(CCCCn3cc(-c4ccccn4)nn3)C(=O)O[C@]12C. The van der Waals surface area contributed by atoms with Crippen molar-refractivity contribution in [3.8, 4) is 11.4 Å². The maximum atomic E-state index is 14.3. The van der Waals surface area contributed by atoms with Gasteiger partial charge in [0, 0.05) is 43.7 Å². The van der Waals surface area contributed by atoms with Crippen molar-refractivity contribution in [3.63, 3.8) is 0 Å². The highest BCUT2D eigenvalue weighted by atomic mass is 16.7. The topological polar surface area (TPSA) is 188 Å². The molecule has 2 N–H and O–H groups in total. The van der Waals surface area contributed by atoms with Gasteiger partial charge in [0.1, 0.15) is 30.1 Å². The minimum Gasteiger partial charge on any atom is -0.458 e. The predicted molar refractivity (Wildman–Crippen MR) is 214 cm³/mol. The Labute approximate surface area is 342 Å². The smallest absolute Gasteiger partial charge is 0.410 e. The zero-order chi connectivity index (χ0) is 42.3. The van der Waals surface area contributed by atoms with Crippen LogP contribution in [-0.2, 0) is 39.9 Å². The third-order valence-corrected chi connectivity index (χ3v) is 12.4. The van der Waals surface area contributed by atoms with E-state index in [0.29, 0.717) is 57.4 Å². The third kappa shape index (κ3) is 10.3. The van der Waals surface area contributed by atoms with Crippen LogP contribution in [0.25, 0.3) is 11.4 Å². The van der Waals surface area contributed by atoms with E-state index in [2.05, 4.69) is 27.5 Å². The molecule has 0 saturated carbocycles. The number of aryl methyl sites for hydroxylation is 1. The van der Waals surface area contributed by atoms with Gasteiger partial charge >= 0.3 is 12.1 Å². The zero-order valence-corrected chi connectivity index (χ0v) is 35.7. The highest BCUT2D eigenvalue weighted by molar-refractivity contribution is 6.00. The summed E-state index contributed by atoms with van der Waals surface area (Å²) in [6, 6.07) is 4.54. The number of fused-ring (bicyclic) bond motifs is 1. The van der Waals surface area contributed by atoms with Crippen LogP contribution in [0.4, 0.5) is 4.79 Å². The Hall–Kier alpha value is -3.83. The summed E-state index contributed by atoms with van der Waals surface area (Å²) in [5.41, 5.74) is 0.177. The van der Waals surface area contributed by atoms with Crippen molar-refractivity contribution in [1.29, 1.82) is 0 Å². The summed E-state index contributed by atoms with van der Waals surface area (Å²) >= 11 is 0. The highest BCUT2D eigenvalue weighted by Crippen LogP contribution is 2.39. The molecule has 2 aromatic rings. The molecule has 1 amide bonds. The number of carbonyl (C=O) groups excluding carboxylic acids is 4. The number of unbranched alkanes of at least 4 members (excludes halogenated alkanes) is 1. The predicted octanol–water partition coefficient (Wildman–Crippen LogP) is 3.90. The molecule has 0 spiro atoms. The number of hydrogen-bond donors (Lipinski definition) is 2. The van der Waals surface area contributed by atoms with Gasteiger partial charge in [0.2, 0.25) is 0 Å². The molecule has 3 aliphatic rings. The van der Waals surface area contributed by atoms with Gasteiger partial charge in [-0.05, 0) is 104 Å². The number of Topliss-reactive ketones (excluding diaryl/α,β-unsaturated/α-hetero) is 1. The lowest BCUT2D eigenvalue weighted by Gasteiger charge is -2.44. The Kier molecular flexibility index (Phi) is 15.6. The van der Waals surface area contributed by atoms with Crippen LogP contribution in [0.3, 0.4) is 0 Å². The Morgan fingerprint density at radius 2 is 1.81 bits per heavy atom. The molecule has 5 rings (SSSR count). The van der Waals surface area contributed by atoms with Crippen LogP contribution in [0, 0.1) is 23.7 Å². The van der Waals surface area contributed by atoms with Crippen molar-refractivity contribution in [2.45, 2.75) is 148 Å². The first kappa shape index (κ1) is 45.3. The summed E-state index contributed by atoms with van der Waals surface area (Å²) in [7, 11) is 3.77. The molecule has 322 valence electrons. The Bertz CT molecular complexity index is 1680. The normalized spacial score (nSPS) is 35.5. The monoisotopic (exact) mass is 811 g/mol. The second kappa shape index (κ2) is 19.9. The summed E-state index contributed by atoms with van der Waals surface area (Å²) in [5.74, 6) is -3.64. The maximum absolute atomic E-state index is 14.3. The number of hydrogen-bond acceptors (Lipinski definition) is 14. The summed E-state index contributed by atoms with van der Waals surface area (Å²) in [4.78, 5) is 62.2. The summed E-state index contributed by atoms with van der Waals surface area (Å²) < 4.78 is 26.8. The summed E-state index contributed by atoms with van der Waals surface area (Å²) in [6.07, 6.45) is 2.79. The minimum atomic E-state index is -1.24. The van der Waals surface area contributed by atoms with Gasteiger partial charge in [-0.1, -0.05) is 32.1 Å². The number of likely N-dealkylation sites (N-methyl/N-ethyl adjacent to an activating group) is 1. The molecule has 16 nitrogen and oxygen atoms in total. The molecule has 0 aromatic carbocycles. The van der Waals surface area contributed by atoms with E-state index in [1.165, 1.54) is 6.92 Å². The molecule has 3 saturated heterocycles. The van der Waals surface area contributed by atoms with Gasteiger partial charge in [0.25, 0.3) is 0 Å². The van der Waals surface area contributed by atoms with Crippen molar-refractivity contribution < 1.29 is 43.2 Å². The van der Waals surface area contributed by atoms with Crippen molar-refractivity contribution in [2.75, 3.05) is 27.2 Å². The van der Waals surface area contributed by atoms with Gasteiger partial charge in [-0.2, -0.15) is 0 Å². The number of esters is 1. The number of ether oxygens (including phenoxy) is 4. The molecule has 0 bridgehead atoms. The second-order valence-corrected chi connectivity index (χ2v) is 17.1. The zero-order valence-electron chi connectivity index (χ0n) is 35.7. The number of nitrogens with one attached hydrogen (secondary N) is 1. The number of aliphatic hydroxyl groups is 1. The standard InChI is InChI=1S/C42H65N7O9/c1-10-34-42(7)38(49(41(54)58-42)19-14-13-18-48-24-32(45-46-48)31-15-11-12-17-43-31)29(6)44-23-25(2)21-30(16-20-50)37(27(4)35(51)28(5)39(53)56-34)57-40-36(52)33(47(8)9)22-26(3)55-40/h11-12,15,17,20,24-30,33-34,36-38,40,44,52H,10,13-14,16,18-19,21-23H2,1-9H3/t25-,26-,27+,28-,29-,30+,33?,34-,36?,37-,38-,40+,42-/m1/s1. The minimum absolute atomic E-state index is 0.00904. The lowest BCUT2D eigenvalue weighted by molar-refractivity contribution is -0.278. The number of aliphatic hydroxyl groups excluding tert-OH is 1. The quantitative estimate of drug-likeness (QED) is 0.136. The van der Waals surface area contributed by atoms with E-state index >= 15 is 0 Å². The van der Waals surface area contributed by atoms with Crippen molar-refractivity contribution in [2.24, 2.45) is 23.7 Å². The van der Waals surface area contributed by atoms with Gasteiger partial charge in [0.05, 0.1) is 30.1 Å². The lowest BCUT2D eigenvalue weighted by Crippen LogP contribution is -2.60. The molecule has 0 aliphatic carbocycles. The first-order valence-corrected chi connectivity index (χ1v) is 21.0. The molecule has 0 radical (unpaired) electrons. The van der Waals surface area contributed by atoms with Gasteiger partial charge < -0.3 is 39.1 Å². The van der Waals surface area contributed by atoms with Crippen molar-refractivity contribution in [3.05, 3.63) is 30.6 Å². The number of nitrogens with zero attached hydrogens (tertiary/aromatic N) is 6. The molecular formula is C42H65N7O9. The molecule has 16 heteroatoms. The van der Waals surface area contributed by atoms with Gasteiger partial charge in [-0.3, -0.25) is 24.2 Å². The van der Waals surface area contributed by atoms with Crippen LogP contribution in [0.2, 0.25) is 0 Å². The number of pyridine rings is 1. The van der Waals surface area contributed by atoms with Crippen LogP contribution < -0.4 is 5.32 Å². The van der Waals surface area contributed by atoms with E-state index in [4.69, 9.17) is 18.9 Å². The van der Waals surface area contributed by atoms with E-state index in [1.807, 2.05) is 71.1 Å². The number of carbonyl (C=O) groups is 4. The average molecular weight is 812 g/mol. The van der Waals surface area contributed by atoms with Gasteiger partial charge in [-0.25, -0.2) is 4.79 Å². The Morgan fingerprint density at radius 3 is 2.48 bits per heavy atom. The molecule has 3 aliphatic heterocycles. The van der Waals surface area contributed by atoms with Crippen molar-refractivity contribution >= 4 is 24.1 Å². The largest absolute Gasteiger partial charge is 0.458 e. The number of rotatable bonds is 12. The number of aldehydes is 1. The molecule has 5 heterocycles. The third-order valence-electron chi connectivity index (χ3n) is 12.4. The van der Waals surface area contributed by atoms with Gasteiger partial charge in [-0.15, -0.1) is 5.10 Å². The number of amides is 1. The average Bonchev–Trinajstić information content (AvgIpc) is 3.78. The molecular weight excluding hydrogens is 747 g/mol. The van der Waals surface area contributed by atoms with E-state index in [-0.39, 0.29) is 30.5 Å². The van der Waals surface area contributed by atoms with Crippen LogP contribution in [0.15, 0.2) is 30.6 Å². The molecule has 13 atom stereocenters.